The number of nitrogens with zero attached hydrogens (tertiary/aromatic N) is 2. The fraction of sp³-hybridized carbons (Fsp3) is 0.938. The number of rotatable bonds is 14. The van der Waals surface area contributed by atoms with E-state index in [1.54, 1.807) is 14.2 Å². The van der Waals surface area contributed by atoms with Crippen molar-refractivity contribution in [3.05, 3.63) is 0 Å². The standard InChI is InChI=1S/C16H36N4O2/c1-5-17-16(18-10-7-6-8-14-21-3)19-11-13-20(2)12-9-15-22-4/h5-15H2,1-4H3,(H2,17,18,19). The van der Waals surface area contributed by atoms with Gasteiger partial charge in [0, 0.05) is 60.2 Å². The molecule has 0 aromatic heterocycles. The zero-order valence-electron chi connectivity index (χ0n) is 15.0. The van der Waals surface area contributed by atoms with Gasteiger partial charge in [-0.2, -0.15) is 0 Å². The minimum atomic E-state index is 0.824. The van der Waals surface area contributed by atoms with Crippen molar-refractivity contribution in [3.8, 4) is 0 Å². The van der Waals surface area contributed by atoms with Gasteiger partial charge >= 0.3 is 0 Å². The molecule has 0 aliphatic carbocycles. The Labute approximate surface area is 136 Å². The molecule has 0 aromatic rings. The Bertz CT molecular complexity index is 263. The molecule has 0 rings (SSSR count). The fourth-order valence-electron chi connectivity index (χ4n) is 2.02. The van der Waals surface area contributed by atoms with Crippen LogP contribution in [0.25, 0.3) is 0 Å². The van der Waals surface area contributed by atoms with Gasteiger partial charge in [0.1, 0.15) is 0 Å². The fourth-order valence-corrected chi connectivity index (χ4v) is 2.02. The van der Waals surface area contributed by atoms with Crippen LogP contribution in [0.5, 0.6) is 0 Å². The predicted molar refractivity (Wildman–Crippen MR) is 93.7 cm³/mol. The number of ether oxygens (including phenoxy) is 2. The third-order valence-electron chi connectivity index (χ3n) is 3.29. The summed E-state index contributed by atoms with van der Waals surface area (Å²) < 4.78 is 10.1. The first-order valence-corrected chi connectivity index (χ1v) is 8.43. The van der Waals surface area contributed by atoms with Crippen LogP contribution in [0.15, 0.2) is 4.99 Å². The smallest absolute Gasteiger partial charge is 0.191 e. The third-order valence-corrected chi connectivity index (χ3v) is 3.29. The number of aliphatic imine (C=N–C) groups is 1. The van der Waals surface area contributed by atoms with Crippen LogP contribution in [0.3, 0.4) is 0 Å². The lowest BCUT2D eigenvalue weighted by atomic mass is 10.2. The molecule has 0 unspecified atom stereocenters. The van der Waals surface area contributed by atoms with Gasteiger partial charge in [0.05, 0.1) is 0 Å². The van der Waals surface area contributed by atoms with E-state index in [2.05, 4.69) is 34.5 Å². The second-order valence-corrected chi connectivity index (χ2v) is 5.39. The van der Waals surface area contributed by atoms with Crippen molar-refractivity contribution in [2.24, 2.45) is 4.99 Å². The van der Waals surface area contributed by atoms with Gasteiger partial charge in [-0.15, -0.1) is 0 Å². The number of unbranched alkanes of at least 4 members (excludes halogenated alkanes) is 2. The SMILES string of the molecule is CCNC(=NCCCCCOC)NCCN(C)CCCOC. The average Bonchev–Trinajstić information content (AvgIpc) is 2.51. The molecule has 6 nitrogen and oxygen atoms in total. The van der Waals surface area contributed by atoms with Crippen LogP contribution in [0.4, 0.5) is 0 Å². The Kier molecular flexibility index (Phi) is 15.9. The van der Waals surface area contributed by atoms with Gasteiger partial charge in [-0.1, -0.05) is 0 Å². The van der Waals surface area contributed by atoms with E-state index < -0.39 is 0 Å². The molecule has 22 heavy (non-hydrogen) atoms. The van der Waals surface area contributed by atoms with E-state index in [0.717, 1.165) is 71.2 Å². The Morgan fingerprint density at radius 2 is 1.68 bits per heavy atom. The minimum Gasteiger partial charge on any atom is -0.385 e. The summed E-state index contributed by atoms with van der Waals surface area (Å²) in [7, 11) is 5.63. The summed E-state index contributed by atoms with van der Waals surface area (Å²) in [5, 5.41) is 6.67. The van der Waals surface area contributed by atoms with Crippen molar-refractivity contribution in [2.75, 3.05) is 67.2 Å². The first-order valence-electron chi connectivity index (χ1n) is 8.43. The molecule has 132 valence electrons. The van der Waals surface area contributed by atoms with E-state index in [9.17, 15) is 0 Å². The summed E-state index contributed by atoms with van der Waals surface area (Å²) in [5.74, 6) is 0.916. The molecule has 0 spiro atoms. The lowest BCUT2D eigenvalue weighted by Gasteiger charge is -2.18. The number of likely N-dealkylation sites (N-methyl/N-ethyl adjacent to an activating group) is 1. The van der Waals surface area contributed by atoms with Crippen molar-refractivity contribution in [3.63, 3.8) is 0 Å². The van der Waals surface area contributed by atoms with Gasteiger partial charge in [0.15, 0.2) is 5.96 Å². The highest BCUT2D eigenvalue weighted by Crippen LogP contribution is 1.95. The highest BCUT2D eigenvalue weighted by molar-refractivity contribution is 5.79. The van der Waals surface area contributed by atoms with Crippen molar-refractivity contribution in [2.45, 2.75) is 32.6 Å². The van der Waals surface area contributed by atoms with Crippen LogP contribution in [-0.4, -0.2) is 78.1 Å². The molecule has 6 heteroatoms. The van der Waals surface area contributed by atoms with Crippen LogP contribution in [0, 0.1) is 0 Å². The quantitative estimate of drug-likeness (QED) is 0.288. The van der Waals surface area contributed by atoms with Gasteiger partial charge in [0.25, 0.3) is 0 Å². The van der Waals surface area contributed by atoms with E-state index >= 15 is 0 Å². The second kappa shape index (κ2) is 16.5. The van der Waals surface area contributed by atoms with E-state index in [4.69, 9.17) is 9.47 Å². The number of hydrogen-bond acceptors (Lipinski definition) is 4. The normalized spacial score (nSPS) is 12.0. The highest BCUT2D eigenvalue weighted by atomic mass is 16.5. The molecule has 0 bridgehead atoms. The van der Waals surface area contributed by atoms with Gasteiger partial charge in [-0.25, -0.2) is 0 Å². The van der Waals surface area contributed by atoms with Crippen molar-refractivity contribution >= 4 is 5.96 Å². The molecule has 0 aromatic carbocycles. The molecule has 0 aliphatic heterocycles. The van der Waals surface area contributed by atoms with Gasteiger partial charge in [-0.3, -0.25) is 4.99 Å². The molecule has 0 aliphatic rings. The van der Waals surface area contributed by atoms with Gasteiger partial charge < -0.3 is 25.0 Å². The maximum Gasteiger partial charge on any atom is 0.191 e. The summed E-state index contributed by atoms with van der Waals surface area (Å²) in [5.41, 5.74) is 0. The lowest BCUT2D eigenvalue weighted by Crippen LogP contribution is -2.41. The highest BCUT2D eigenvalue weighted by Gasteiger charge is 2.00. The molecule has 0 saturated carbocycles. The second-order valence-electron chi connectivity index (χ2n) is 5.39. The van der Waals surface area contributed by atoms with Crippen molar-refractivity contribution in [1.29, 1.82) is 0 Å². The van der Waals surface area contributed by atoms with Crippen molar-refractivity contribution < 1.29 is 9.47 Å². The molecule has 2 N–H and O–H groups in total. The van der Waals surface area contributed by atoms with E-state index in [-0.39, 0.29) is 0 Å². The molecular weight excluding hydrogens is 280 g/mol. The summed E-state index contributed by atoms with van der Waals surface area (Å²) >= 11 is 0. The number of nitrogens with one attached hydrogen (secondary N) is 2. The van der Waals surface area contributed by atoms with Gasteiger partial charge in [-0.05, 0) is 39.7 Å². The molecular formula is C16H36N4O2. The van der Waals surface area contributed by atoms with Crippen LogP contribution in [0.1, 0.15) is 32.6 Å². The third kappa shape index (κ3) is 14.1. The molecule has 0 radical (unpaired) electrons. The van der Waals surface area contributed by atoms with Crippen LogP contribution < -0.4 is 10.6 Å². The maximum atomic E-state index is 5.07. The van der Waals surface area contributed by atoms with Crippen LogP contribution in [-0.2, 0) is 9.47 Å². The molecule has 0 atom stereocenters. The number of guanidine groups is 1. The Morgan fingerprint density at radius 3 is 2.36 bits per heavy atom. The van der Waals surface area contributed by atoms with E-state index in [0.29, 0.717) is 0 Å². The van der Waals surface area contributed by atoms with E-state index in [1.807, 2.05) is 0 Å². The number of hydrogen-bond donors (Lipinski definition) is 2. The zero-order valence-corrected chi connectivity index (χ0v) is 15.0. The lowest BCUT2D eigenvalue weighted by molar-refractivity contribution is 0.180. The number of methoxy groups -OCH3 is 2. The topological polar surface area (TPSA) is 58.1 Å². The molecule has 0 heterocycles. The first kappa shape index (κ1) is 21.1. The van der Waals surface area contributed by atoms with Crippen LogP contribution >= 0.6 is 0 Å². The summed E-state index contributed by atoms with van der Waals surface area (Å²) in [6.45, 7) is 8.47. The maximum absolute atomic E-state index is 5.07. The molecule has 0 saturated heterocycles. The average molecular weight is 316 g/mol. The molecule has 0 amide bonds. The van der Waals surface area contributed by atoms with Crippen molar-refractivity contribution in [1.82, 2.24) is 15.5 Å². The summed E-state index contributed by atoms with van der Waals surface area (Å²) in [6.07, 6.45) is 4.46. The minimum absolute atomic E-state index is 0.824. The monoisotopic (exact) mass is 316 g/mol. The summed E-state index contributed by atoms with van der Waals surface area (Å²) in [6, 6.07) is 0. The first-order chi connectivity index (χ1) is 10.7. The summed E-state index contributed by atoms with van der Waals surface area (Å²) in [4.78, 5) is 6.90. The predicted octanol–water partition coefficient (Wildman–Crippen LogP) is 1.33. The van der Waals surface area contributed by atoms with Crippen LogP contribution in [0.2, 0.25) is 0 Å². The zero-order chi connectivity index (χ0) is 16.5. The molecule has 0 fully saturated rings. The Balaban J connectivity index is 3.78. The Morgan fingerprint density at radius 1 is 0.955 bits per heavy atom. The largest absolute Gasteiger partial charge is 0.385 e. The Hall–Kier alpha value is -0.850. The van der Waals surface area contributed by atoms with Gasteiger partial charge in [0.2, 0.25) is 0 Å². The van der Waals surface area contributed by atoms with E-state index in [1.165, 1.54) is 6.42 Å².